The first-order valence-corrected chi connectivity index (χ1v) is 4.66. The Balaban J connectivity index is 2.76. The molecule has 0 aliphatic heterocycles. The maximum absolute atomic E-state index is 5.18. The highest BCUT2D eigenvalue weighted by Gasteiger charge is 2.23. The standard InChI is InChI=1S/C8H8BrN2O3/c1-12-8-5(9)3-4-6-7(8)10-14-11(6)13-2/h3-4H,1-2H3/q+1. The van der Waals surface area contributed by atoms with E-state index in [-0.39, 0.29) is 0 Å². The molecule has 0 bridgehead atoms. The largest absolute Gasteiger partial charge is 0.491 e. The molecule has 0 spiro atoms. The first kappa shape index (κ1) is 9.26. The van der Waals surface area contributed by atoms with Crippen LogP contribution in [0.25, 0.3) is 11.0 Å². The van der Waals surface area contributed by atoms with E-state index in [0.29, 0.717) is 16.8 Å². The molecule has 2 aromatic rings. The third kappa shape index (κ3) is 1.22. The number of hydrogen-bond donors (Lipinski definition) is 0. The van der Waals surface area contributed by atoms with E-state index >= 15 is 0 Å². The summed E-state index contributed by atoms with van der Waals surface area (Å²) < 4.78 is 10.9. The highest BCUT2D eigenvalue weighted by atomic mass is 79.9. The Morgan fingerprint density at radius 2 is 2.21 bits per heavy atom. The van der Waals surface area contributed by atoms with E-state index in [1.54, 1.807) is 7.11 Å². The molecular weight excluding hydrogens is 252 g/mol. The Morgan fingerprint density at radius 1 is 1.43 bits per heavy atom. The van der Waals surface area contributed by atoms with Crippen molar-refractivity contribution in [2.24, 2.45) is 0 Å². The molecule has 14 heavy (non-hydrogen) atoms. The van der Waals surface area contributed by atoms with Crippen LogP contribution in [-0.4, -0.2) is 19.4 Å². The molecule has 74 valence electrons. The van der Waals surface area contributed by atoms with Crippen LogP contribution in [0.4, 0.5) is 0 Å². The highest BCUT2D eigenvalue weighted by Crippen LogP contribution is 2.30. The van der Waals surface area contributed by atoms with Gasteiger partial charge in [-0.2, -0.15) is 0 Å². The van der Waals surface area contributed by atoms with Gasteiger partial charge in [0.05, 0.1) is 11.6 Å². The number of methoxy groups -OCH3 is 1. The lowest BCUT2D eigenvalue weighted by molar-refractivity contribution is -1.00. The number of nitrogens with zero attached hydrogens (tertiary/aromatic N) is 2. The van der Waals surface area contributed by atoms with Gasteiger partial charge in [0.2, 0.25) is 0 Å². The first-order chi connectivity index (χ1) is 6.77. The monoisotopic (exact) mass is 259 g/mol. The average Bonchev–Trinajstić information content (AvgIpc) is 2.60. The van der Waals surface area contributed by atoms with Gasteiger partial charge in [0.15, 0.2) is 10.9 Å². The van der Waals surface area contributed by atoms with E-state index in [1.165, 1.54) is 12.0 Å². The van der Waals surface area contributed by atoms with Gasteiger partial charge in [-0.25, -0.2) is 0 Å². The van der Waals surface area contributed by atoms with Crippen molar-refractivity contribution in [2.75, 3.05) is 14.2 Å². The summed E-state index contributed by atoms with van der Waals surface area (Å²) >= 11 is 3.35. The summed E-state index contributed by atoms with van der Waals surface area (Å²) in [7, 11) is 3.07. The van der Waals surface area contributed by atoms with Crippen LogP contribution in [0.2, 0.25) is 0 Å². The number of hydrogen-bond acceptors (Lipinski definition) is 4. The van der Waals surface area contributed by atoms with Crippen molar-refractivity contribution in [2.45, 2.75) is 0 Å². The van der Waals surface area contributed by atoms with Crippen molar-refractivity contribution in [3.05, 3.63) is 16.6 Å². The van der Waals surface area contributed by atoms with Crippen molar-refractivity contribution in [1.29, 1.82) is 0 Å². The van der Waals surface area contributed by atoms with E-state index < -0.39 is 0 Å². The molecule has 5 nitrogen and oxygen atoms in total. The molecule has 0 saturated carbocycles. The van der Waals surface area contributed by atoms with Gasteiger partial charge in [-0.3, -0.25) is 0 Å². The normalized spacial score (nSPS) is 10.5. The molecule has 0 amide bonds. The van der Waals surface area contributed by atoms with E-state index in [4.69, 9.17) is 14.2 Å². The van der Waals surface area contributed by atoms with Crippen LogP contribution in [0.5, 0.6) is 5.75 Å². The fourth-order valence-electron chi connectivity index (χ4n) is 1.22. The average molecular weight is 260 g/mol. The first-order valence-electron chi connectivity index (χ1n) is 3.87. The fourth-order valence-corrected chi connectivity index (χ4v) is 1.70. The number of halogens is 1. The third-order valence-corrected chi connectivity index (χ3v) is 2.46. The molecule has 2 rings (SSSR count). The molecule has 0 saturated heterocycles. The zero-order chi connectivity index (χ0) is 10.1. The van der Waals surface area contributed by atoms with Gasteiger partial charge < -0.3 is 9.57 Å². The van der Waals surface area contributed by atoms with Crippen molar-refractivity contribution < 1.29 is 19.1 Å². The molecule has 0 aliphatic rings. The third-order valence-electron chi connectivity index (χ3n) is 1.84. The Hall–Kier alpha value is -1.30. The molecule has 0 fully saturated rings. The van der Waals surface area contributed by atoms with Gasteiger partial charge in [-0.1, -0.05) is 0 Å². The lowest BCUT2D eigenvalue weighted by Gasteiger charge is -1.97. The zero-order valence-corrected chi connectivity index (χ0v) is 9.24. The maximum atomic E-state index is 5.18. The second-order valence-corrected chi connectivity index (χ2v) is 3.42. The topological polar surface area (TPSA) is 48.4 Å². The van der Waals surface area contributed by atoms with Gasteiger partial charge in [-0.15, -0.1) is 0 Å². The summed E-state index contributed by atoms with van der Waals surface area (Å²) in [5.41, 5.74) is 1.33. The molecule has 1 aromatic carbocycles. The molecule has 0 unspecified atom stereocenters. The summed E-state index contributed by atoms with van der Waals surface area (Å²) in [6.45, 7) is 0. The fraction of sp³-hybridized carbons (Fsp3) is 0.250. The molecule has 1 heterocycles. The molecule has 0 radical (unpaired) electrons. The summed E-state index contributed by atoms with van der Waals surface area (Å²) in [4.78, 5) is 6.14. The Labute approximate surface area is 88.2 Å². The van der Waals surface area contributed by atoms with Crippen LogP contribution in [0.3, 0.4) is 0 Å². The summed E-state index contributed by atoms with van der Waals surface area (Å²) in [5.74, 6) is 0.627. The van der Waals surface area contributed by atoms with Gasteiger partial charge >= 0.3 is 5.52 Å². The van der Waals surface area contributed by atoms with Crippen molar-refractivity contribution in [3.63, 3.8) is 0 Å². The predicted molar refractivity (Wildman–Crippen MR) is 51.0 cm³/mol. The second-order valence-electron chi connectivity index (χ2n) is 2.56. The predicted octanol–water partition coefficient (Wildman–Crippen LogP) is 0.945. The van der Waals surface area contributed by atoms with Crippen LogP contribution in [-0.2, 0) is 0 Å². The van der Waals surface area contributed by atoms with E-state index in [2.05, 4.69) is 21.1 Å². The minimum atomic E-state index is 0.615. The number of ether oxygens (including phenoxy) is 1. The molecule has 0 N–H and O–H groups in total. The number of aromatic nitrogens is 2. The van der Waals surface area contributed by atoms with Gasteiger partial charge in [0, 0.05) is 0 Å². The second kappa shape index (κ2) is 3.45. The van der Waals surface area contributed by atoms with Crippen molar-refractivity contribution >= 4 is 27.0 Å². The molecule has 0 atom stereocenters. The number of fused-ring (bicyclic) bond motifs is 1. The van der Waals surface area contributed by atoms with Crippen LogP contribution in [0, 0.1) is 0 Å². The van der Waals surface area contributed by atoms with E-state index in [9.17, 15) is 0 Å². The van der Waals surface area contributed by atoms with Crippen molar-refractivity contribution in [3.8, 4) is 5.75 Å². The minimum absolute atomic E-state index is 0.615. The summed E-state index contributed by atoms with van der Waals surface area (Å²) in [6, 6.07) is 3.66. The van der Waals surface area contributed by atoms with Crippen LogP contribution >= 0.6 is 15.9 Å². The quantitative estimate of drug-likeness (QED) is 0.806. The van der Waals surface area contributed by atoms with Gasteiger partial charge in [0.1, 0.15) is 12.0 Å². The maximum Gasteiger partial charge on any atom is 0.321 e. The Kier molecular flexibility index (Phi) is 2.28. The highest BCUT2D eigenvalue weighted by molar-refractivity contribution is 9.10. The van der Waals surface area contributed by atoms with Crippen LogP contribution in [0.1, 0.15) is 0 Å². The minimum Gasteiger partial charge on any atom is -0.491 e. The lowest BCUT2D eigenvalue weighted by atomic mass is 10.3. The summed E-state index contributed by atoms with van der Waals surface area (Å²) in [6.07, 6.45) is 0. The van der Waals surface area contributed by atoms with Crippen LogP contribution < -0.4 is 14.5 Å². The van der Waals surface area contributed by atoms with Gasteiger partial charge in [-0.05, 0) is 32.7 Å². The number of benzene rings is 1. The van der Waals surface area contributed by atoms with E-state index in [1.807, 2.05) is 12.1 Å². The van der Waals surface area contributed by atoms with Crippen LogP contribution in [0.15, 0.2) is 21.2 Å². The summed E-state index contributed by atoms with van der Waals surface area (Å²) in [5, 5.41) is 3.83. The lowest BCUT2D eigenvalue weighted by Crippen LogP contribution is -2.38. The molecule has 1 aromatic heterocycles. The number of rotatable bonds is 2. The molecule has 0 aliphatic carbocycles. The molecule has 6 heteroatoms. The van der Waals surface area contributed by atoms with E-state index in [0.717, 1.165) is 4.47 Å². The SMILES string of the molecule is COc1c(Br)ccc2c1no[n+]2OC. The van der Waals surface area contributed by atoms with Gasteiger partial charge in [0.25, 0.3) is 5.52 Å². The molecular formula is C8H8BrN2O3+. The Morgan fingerprint density at radius 3 is 2.86 bits per heavy atom. The smallest absolute Gasteiger partial charge is 0.321 e. The van der Waals surface area contributed by atoms with Crippen molar-refractivity contribution in [1.82, 2.24) is 5.16 Å². The Bertz CT molecular complexity index is 469. The zero-order valence-electron chi connectivity index (χ0n) is 7.65.